The highest BCUT2D eigenvalue weighted by atomic mass is 14.3. The molecule has 0 aliphatic heterocycles. The van der Waals surface area contributed by atoms with Gasteiger partial charge in [-0.05, 0) is 24.3 Å². The van der Waals surface area contributed by atoms with Crippen LogP contribution in [-0.2, 0) is 0 Å². The van der Waals surface area contributed by atoms with Crippen LogP contribution in [0.15, 0.2) is 5.57 Å². The zero-order chi connectivity index (χ0) is 5.70. The monoisotopic (exact) mass is 97.1 g/mol. The largest absolute Gasteiger partial charge is 0.259 e. The van der Waals surface area contributed by atoms with Crippen molar-refractivity contribution in [3.8, 4) is 0 Å². The van der Waals surface area contributed by atoms with Gasteiger partial charge < -0.3 is 0 Å². The second kappa shape index (κ2) is 3.63. The Kier molecular flexibility index (Phi) is 3.35. The van der Waals surface area contributed by atoms with Crippen molar-refractivity contribution in [2.75, 3.05) is 0 Å². The lowest BCUT2D eigenvalue weighted by molar-refractivity contribution is 0.996. The van der Waals surface area contributed by atoms with Gasteiger partial charge in [0.2, 0.25) is 0 Å². The van der Waals surface area contributed by atoms with E-state index < -0.39 is 0 Å². The van der Waals surface area contributed by atoms with Crippen molar-refractivity contribution in [1.82, 2.24) is 0 Å². The normalized spacial score (nSPS) is 7.71. The summed E-state index contributed by atoms with van der Waals surface area (Å²) in [6.07, 6.45) is 1.94. The van der Waals surface area contributed by atoms with Crippen LogP contribution < -0.4 is 0 Å². The van der Waals surface area contributed by atoms with Gasteiger partial charge in [0.1, 0.15) is 0 Å². The zero-order valence-corrected chi connectivity index (χ0v) is 4.91. The summed E-state index contributed by atoms with van der Waals surface area (Å²) in [4.78, 5) is 0. The molecule has 0 aromatic rings. The molecule has 0 bridgehead atoms. The highest BCUT2D eigenvalue weighted by molar-refractivity contribution is 5.53. The quantitative estimate of drug-likeness (QED) is 0.509. The molecule has 0 saturated carbocycles. The predicted molar refractivity (Wildman–Crippen MR) is 31.8 cm³/mol. The van der Waals surface area contributed by atoms with E-state index >= 15 is 0 Å². The molecule has 1 nitrogen and oxygen atoms in total. The van der Waals surface area contributed by atoms with Crippen LogP contribution in [-0.4, -0.2) is 5.87 Å². The third-order valence-electron chi connectivity index (χ3n) is 1.03. The topological polar surface area (TPSA) is 23.9 Å². The highest BCUT2D eigenvalue weighted by Crippen LogP contribution is 1.97. The molecule has 0 fully saturated rings. The Morgan fingerprint density at radius 3 is 1.86 bits per heavy atom. The van der Waals surface area contributed by atoms with Crippen LogP contribution in [0.1, 0.15) is 26.7 Å². The fourth-order valence-electron chi connectivity index (χ4n) is 0.427. The first-order valence-corrected chi connectivity index (χ1v) is 2.62. The van der Waals surface area contributed by atoms with Gasteiger partial charge in [-0.3, -0.25) is 5.41 Å². The molecule has 0 aliphatic rings. The average Bonchev–Trinajstić information content (AvgIpc) is 1.72. The Hall–Kier alpha value is -0.550. The van der Waals surface area contributed by atoms with Gasteiger partial charge in [-0.1, -0.05) is 13.8 Å². The van der Waals surface area contributed by atoms with E-state index in [2.05, 4.69) is 5.87 Å². The summed E-state index contributed by atoms with van der Waals surface area (Å²) in [6.45, 7) is 4.08. The maximum absolute atomic E-state index is 6.67. The van der Waals surface area contributed by atoms with Crippen LogP contribution in [0.4, 0.5) is 0 Å². The average molecular weight is 97.2 g/mol. The number of hydrogen-bond acceptors (Lipinski definition) is 1. The smallest absolute Gasteiger partial charge is 0.0100 e. The molecule has 0 aromatic carbocycles. The maximum Gasteiger partial charge on any atom is -0.0100 e. The van der Waals surface area contributed by atoms with Crippen molar-refractivity contribution >= 4 is 5.87 Å². The minimum Gasteiger partial charge on any atom is -0.259 e. The molecule has 7 heavy (non-hydrogen) atoms. The molecule has 0 radical (unpaired) electrons. The Morgan fingerprint density at radius 1 is 1.43 bits per heavy atom. The van der Waals surface area contributed by atoms with Gasteiger partial charge in [-0.15, -0.1) is 0 Å². The van der Waals surface area contributed by atoms with Crippen molar-refractivity contribution in [1.29, 1.82) is 5.41 Å². The van der Waals surface area contributed by atoms with Gasteiger partial charge in [0, 0.05) is 0 Å². The highest BCUT2D eigenvalue weighted by Gasteiger charge is 1.82. The third kappa shape index (κ3) is 2.18. The molecule has 40 valence electrons. The first-order chi connectivity index (χ1) is 3.35. The van der Waals surface area contributed by atoms with E-state index in [0.29, 0.717) is 0 Å². The molecular formula is C6H11N. The Balaban J connectivity index is 3.61. The Labute approximate surface area is 44.6 Å². The van der Waals surface area contributed by atoms with Gasteiger partial charge >= 0.3 is 0 Å². The predicted octanol–water partition coefficient (Wildman–Crippen LogP) is 1.98. The summed E-state index contributed by atoms with van der Waals surface area (Å²) in [7, 11) is 0. The van der Waals surface area contributed by atoms with Crippen molar-refractivity contribution in [3.63, 3.8) is 0 Å². The van der Waals surface area contributed by atoms with E-state index in [9.17, 15) is 0 Å². The molecule has 0 amide bonds. The fraction of sp³-hybridized carbons (Fsp3) is 0.667. The standard InChI is InChI=1S/C6H11N/c1-3-6(4-2)5-7/h7H,3-4H2,1-2H3. The van der Waals surface area contributed by atoms with E-state index in [1.54, 1.807) is 0 Å². The van der Waals surface area contributed by atoms with Gasteiger partial charge in [0.25, 0.3) is 0 Å². The summed E-state index contributed by atoms with van der Waals surface area (Å²) in [5.41, 5.74) is 1.10. The second-order valence-corrected chi connectivity index (χ2v) is 1.44. The third-order valence-corrected chi connectivity index (χ3v) is 1.03. The molecule has 0 atom stereocenters. The fourth-order valence-corrected chi connectivity index (χ4v) is 0.427. The van der Waals surface area contributed by atoms with E-state index in [1.807, 2.05) is 13.8 Å². The van der Waals surface area contributed by atoms with Crippen molar-refractivity contribution < 1.29 is 0 Å². The van der Waals surface area contributed by atoms with Crippen molar-refractivity contribution in [3.05, 3.63) is 5.57 Å². The van der Waals surface area contributed by atoms with Crippen LogP contribution in [0, 0.1) is 5.41 Å². The van der Waals surface area contributed by atoms with Crippen LogP contribution in [0.25, 0.3) is 0 Å². The van der Waals surface area contributed by atoms with E-state index in [-0.39, 0.29) is 0 Å². The molecule has 1 heteroatoms. The van der Waals surface area contributed by atoms with Crippen LogP contribution >= 0.6 is 0 Å². The van der Waals surface area contributed by atoms with Crippen LogP contribution in [0.3, 0.4) is 0 Å². The SMILES string of the molecule is CCC(=C=N)CC. The van der Waals surface area contributed by atoms with Crippen LogP contribution in [0.5, 0.6) is 0 Å². The summed E-state index contributed by atoms with van der Waals surface area (Å²) in [6, 6.07) is 0. The molecule has 0 unspecified atom stereocenters. The summed E-state index contributed by atoms with van der Waals surface area (Å²) in [5, 5.41) is 6.67. The Morgan fingerprint density at radius 2 is 1.86 bits per heavy atom. The Bertz CT molecular complexity index is 82.4. The van der Waals surface area contributed by atoms with Gasteiger partial charge in [-0.25, -0.2) is 0 Å². The van der Waals surface area contributed by atoms with Crippen molar-refractivity contribution in [2.24, 2.45) is 0 Å². The first kappa shape index (κ1) is 6.45. The molecule has 0 rings (SSSR count). The molecule has 1 N–H and O–H groups in total. The van der Waals surface area contributed by atoms with E-state index in [0.717, 1.165) is 18.4 Å². The molecule has 0 saturated heterocycles. The van der Waals surface area contributed by atoms with Gasteiger partial charge in [0.05, 0.1) is 0 Å². The van der Waals surface area contributed by atoms with E-state index in [4.69, 9.17) is 5.41 Å². The lowest BCUT2D eigenvalue weighted by Gasteiger charge is -1.87. The van der Waals surface area contributed by atoms with Crippen molar-refractivity contribution in [2.45, 2.75) is 26.7 Å². The lowest BCUT2D eigenvalue weighted by atomic mass is 10.2. The molecule has 0 spiro atoms. The number of allylic oxidation sites excluding steroid dienone is 1. The maximum atomic E-state index is 6.67. The summed E-state index contributed by atoms with van der Waals surface area (Å²) >= 11 is 0. The number of rotatable bonds is 2. The second-order valence-electron chi connectivity index (χ2n) is 1.44. The van der Waals surface area contributed by atoms with Gasteiger partial charge in [-0.2, -0.15) is 0 Å². The first-order valence-electron chi connectivity index (χ1n) is 2.62. The zero-order valence-electron chi connectivity index (χ0n) is 4.91. The van der Waals surface area contributed by atoms with Crippen LogP contribution in [0.2, 0.25) is 0 Å². The molecule has 0 heterocycles. The van der Waals surface area contributed by atoms with Gasteiger partial charge in [0.15, 0.2) is 0 Å². The molecular weight excluding hydrogens is 86.1 g/mol. The minimum atomic E-state index is 0.972. The number of nitrogens with one attached hydrogen (secondary N) is 1. The summed E-state index contributed by atoms with van der Waals surface area (Å²) in [5.74, 6) is 2.37. The summed E-state index contributed by atoms with van der Waals surface area (Å²) < 4.78 is 0. The molecule has 0 aliphatic carbocycles. The van der Waals surface area contributed by atoms with E-state index in [1.165, 1.54) is 0 Å². The molecule has 0 aromatic heterocycles. The lowest BCUT2D eigenvalue weighted by Crippen LogP contribution is -1.74. The minimum absolute atomic E-state index is 0.972. The number of hydrogen-bond donors (Lipinski definition) is 1.